The van der Waals surface area contributed by atoms with Crippen molar-refractivity contribution in [2.45, 2.75) is 5.37 Å². The van der Waals surface area contributed by atoms with Crippen LogP contribution in [0.25, 0.3) is 0 Å². The number of rotatable bonds is 4. The highest BCUT2D eigenvalue weighted by Gasteiger charge is 2.33. The smallest absolute Gasteiger partial charge is 0.233 e. The summed E-state index contributed by atoms with van der Waals surface area (Å²) in [6, 6.07) is 5.64. The molecule has 2 heterocycles. The van der Waals surface area contributed by atoms with Crippen LogP contribution in [0.1, 0.15) is 10.9 Å². The molecule has 2 aliphatic rings. The molecule has 2 fully saturated rings. The molecule has 2 aliphatic heterocycles. The normalized spacial score (nSPS) is 23.3. The minimum absolute atomic E-state index is 0.0465. The summed E-state index contributed by atoms with van der Waals surface area (Å²) in [7, 11) is 0. The standard InChI is InChI=1S/C15H19Cl2N3OS/c16-12-2-1-11(9-13(12)17)15-20(14(21)10-22-15)8-7-19-5-3-18-4-6-19/h1-2,9,15,18H,3-8,10H2. The molecule has 1 amide bonds. The van der Waals surface area contributed by atoms with Gasteiger partial charge < -0.3 is 10.2 Å². The third kappa shape index (κ3) is 3.71. The average Bonchev–Trinajstić information content (AvgIpc) is 2.90. The Balaban J connectivity index is 1.67. The maximum absolute atomic E-state index is 12.2. The number of thioether (sulfide) groups is 1. The van der Waals surface area contributed by atoms with E-state index in [1.165, 1.54) is 0 Å². The Bertz CT molecular complexity index is 552. The van der Waals surface area contributed by atoms with E-state index >= 15 is 0 Å². The van der Waals surface area contributed by atoms with E-state index in [1.54, 1.807) is 17.8 Å². The summed E-state index contributed by atoms with van der Waals surface area (Å²) in [5.41, 5.74) is 1.05. The minimum Gasteiger partial charge on any atom is -0.325 e. The summed E-state index contributed by atoms with van der Waals surface area (Å²) in [6.45, 7) is 5.83. The fourth-order valence-electron chi connectivity index (χ4n) is 2.82. The molecule has 1 atom stereocenters. The van der Waals surface area contributed by atoms with Crippen molar-refractivity contribution >= 4 is 40.9 Å². The van der Waals surface area contributed by atoms with Crippen LogP contribution in [0.4, 0.5) is 0 Å². The number of benzene rings is 1. The molecule has 120 valence electrons. The number of piperazine rings is 1. The van der Waals surface area contributed by atoms with Crippen molar-refractivity contribution in [1.29, 1.82) is 0 Å². The third-order valence-electron chi connectivity index (χ3n) is 4.06. The largest absolute Gasteiger partial charge is 0.325 e. The number of hydrogen-bond acceptors (Lipinski definition) is 4. The molecule has 0 bridgehead atoms. The van der Waals surface area contributed by atoms with E-state index in [2.05, 4.69) is 10.2 Å². The van der Waals surface area contributed by atoms with Crippen molar-refractivity contribution in [3.05, 3.63) is 33.8 Å². The number of halogens is 2. The van der Waals surface area contributed by atoms with Gasteiger partial charge in [0.2, 0.25) is 5.91 Å². The van der Waals surface area contributed by atoms with Crippen LogP contribution in [0, 0.1) is 0 Å². The number of carbonyl (C=O) groups is 1. The van der Waals surface area contributed by atoms with Gasteiger partial charge in [-0.15, -0.1) is 11.8 Å². The van der Waals surface area contributed by atoms with E-state index in [0.29, 0.717) is 15.8 Å². The number of hydrogen-bond donors (Lipinski definition) is 1. The summed E-state index contributed by atoms with van der Waals surface area (Å²) in [5.74, 6) is 0.739. The van der Waals surface area contributed by atoms with Gasteiger partial charge in [0.1, 0.15) is 5.37 Å². The molecule has 1 aromatic carbocycles. The topological polar surface area (TPSA) is 35.6 Å². The highest BCUT2D eigenvalue weighted by Crippen LogP contribution is 2.40. The van der Waals surface area contributed by atoms with Gasteiger partial charge >= 0.3 is 0 Å². The molecule has 22 heavy (non-hydrogen) atoms. The molecule has 0 spiro atoms. The van der Waals surface area contributed by atoms with E-state index in [-0.39, 0.29) is 11.3 Å². The quantitative estimate of drug-likeness (QED) is 0.895. The van der Waals surface area contributed by atoms with Crippen LogP contribution in [-0.2, 0) is 4.79 Å². The van der Waals surface area contributed by atoms with Crippen LogP contribution < -0.4 is 5.32 Å². The van der Waals surface area contributed by atoms with Gasteiger partial charge in [-0.1, -0.05) is 29.3 Å². The maximum atomic E-state index is 12.2. The summed E-state index contributed by atoms with van der Waals surface area (Å²) in [5, 5.41) is 4.48. The maximum Gasteiger partial charge on any atom is 0.233 e. The van der Waals surface area contributed by atoms with Crippen LogP contribution in [0.2, 0.25) is 10.0 Å². The molecule has 1 N–H and O–H groups in total. The van der Waals surface area contributed by atoms with Crippen molar-refractivity contribution in [2.75, 3.05) is 45.0 Å². The highest BCUT2D eigenvalue weighted by atomic mass is 35.5. The number of amides is 1. The molecule has 0 saturated carbocycles. The van der Waals surface area contributed by atoms with Crippen LogP contribution in [0.15, 0.2) is 18.2 Å². The van der Waals surface area contributed by atoms with E-state index in [0.717, 1.165) is 44.8 Å². The second-order valence-corrected chi connectivity index (χ2v) is 7.40. The first kappa shape index (κ1) is 16.4. The first-order valence-corrected chi connectivity index (χ1v) is 9.25. The lowest BCUT2D eigenvalue weighted by Gasteiger charge is -2.31. The minimum atomic E-state index is 0.0465. The second kappa shape index (κ2) is 7.41. The summed E-state index contributed by atoms with van der Waals surface area (Å²) >= 11 is 13.8. The third-order valence-corrected chi connectivity index (χ3v) is 6.06. The Kier molecular flexibility index (Phi) is 5.52. The van der Waals surface area contributed by atoms with E-state index in [4.69, 9.17) is 23.2 Å². The highest BCUT2D eigenvalue weighted by molar-refractivity contribution is 8.00. The monoisotopic (exact) mass is 359 g/mol. The molecule has 3 rings (SSSR count). The zero-order chi connectivity index (χ0) is 15.5. The predicted octanol–water partition coefficient (Wildman–Crippen LogP) is 2.47. The van der Waals surface area contributed by atoms with E-state index in [9.17, 15) is 4.79 Å². The predicted molar refractivity (Wildman–Crippen MR) is 92.7 cm³/mol. The summed E-state index contributed by atoms with van der Waals surface area (Å²) in [6.07, 6.45) is 0. The van der Waals surface area contributed by atoms with Gasteiger partial charge in [0.05, 0.1) is 15.8 Å². The lowest BCUT2D eigenvalue weighted by molar-refractivity contribution is -0.128. The molecule has 0 radical (unpaired) electrons. The van der Waals surface area contributed by atoms with Gasteiger partial charge in [-0.25, -0.2) is 0 Å². The average molecular weight is 360 g/mol. The van der Waals surface area contributed by atoms with Crippen LogP contribution in [-0.4, -0.2) is 60.7 Å². The number of nitrogens with one attached hydrogen (secondary N) is 1. The lowest BCUT2D eigenvalue weighted by atomic mass is 10.2. The number of carbonyl (C=O) groups excluding carboxylic acids is 1. The van der Waals surface area contributed by atoms with Crippen molar-refractivity contribution in [3.8, 4) is 0 Å². The molecular weight excluding hydrogens is 341 g/mol. The van der Waals surface area contributed by atoms with Gasteiger partial charge in [0, 0.05) is 39.3 Å². The van der Waals surface area contributed by atoms with Gasteiger partial charge in [0.25, 0.3) is 0 Å². The zero-order valence-electron chi connectivity index (χ0n) is 12.2. The molecule has 1 aromatic rings. The molecule has 1 unspecified atom stereocenters. The van der Waals surface area contributed by atoms with E-state index < -0.39 is 0 Å². The Morgan fingerprint density at radius 1 is 1.18 bits per heavy atom. The Morgan fingerprint density at radius 3 is 2.68 bits per heavy atom. The molecule has 4 nitrogen and oxygen atoms in total. The molecule has 7 heteroatoms. The summed E-state index contributed by atoms with van der Waals surface area (Å²) < 4.78 is 0. The molecule has 0 aromatic heterocycles. The zero-order valence-corrected chi connectivity index (χ0v) is 14.6. The van der Waals surface area contributed by atoms with Crippen molar-refractivity contribution < 1.29 is 4.79 Å². The van der Waals surface area contributed by atoms with Crippen LogP contribution in [0.5, 0.6) is 0 Å². The fourth-order valence-corrected chi connectivity index (χ4v) is 4.34. The molecular formula is C15H19Cl2N3OS. The summed E-state index contributed by atoms with van der Waals surface area (Å²) in [4.78, 5) is 16.6. The van der Waals surface area contributed by atoms with Gasteiger partial charge in [-0.2, -0.15) is 0 Å². The van der Waals surface area contributed by atoms with Crippen molar-refractivity contribution in [1.82, 2.24) is 15.1 Å². The van der Waals surface area contributed by atoms with Gasteiger partial charge in [-0.3, -0.25) is 9.69 Å². The van der Waals surface area contributed by atoms with Crippen LogP contribution >= 0.6 is 35.0 Å². The van der Waals surface area contributed by atoms with Crippen LogP contribution in [0.3, 0.4) is 0 Å². The second-order valence-electron chi connectivity index (χ2n) is 5.52. The van der Waals surface area contributed by atoms with Crippen molar-refractivity contribution in [2.24, 2.45) is 0 Å². The van der Waals surface area contributed by atoms with E-state index in [1.807, 2.05) is 17.0 Å². The number of nitrogens with zero attached hydrogens (tertiary/aromatic N) is 2. The van der Waals surface area contributed by atoms with Gasteiger partial charge in [0.15, 0.2) is 0 Å². The SMILES string of the molecule is O=C1CSC(c2ccc(Cl)c(Cl)c2)N1CCN1CCNCC1. The Labute approximate surface area is 145 Å². The Morgan fingerprint density at radius 2 is 1.95 bits per heavy atom. The fraction of sp³-hybridized carbons (Fsp3) is 0.533. The lowest BCUT2D eigenvalue weighted by Crippen LogP contribution is -2.46. The first-order chi connectivity index (χ1) is 10.6. The molecule has 0 aliphatic carbocycles. The molecule has 2 saturated heterocycles. The Hall–Kier alpha value is -0.460. The van der Waals surface area contributed by atoms with Gasteiger partial charge in [-0.05, 0) is 17.7 Å². The first-order valence-electron chi connectivity index (χ1n) is 7.44. The van der Waals surface area contributed by atoms with Crippen molar-refractivity contribution in [3.63, 3.8) is 0 Å².